The van der Waals surface area contributed by atoms with Crippen molar-refractivity contribution in [3.63, 3.8) is 0 Å². The Balaban J connectivity index is 1.23. The van der Waals surface area contributed by atoms with E-state index in [0.717, 1.165) is 27.3 Å². The summed E-state index contributed by atoms with van der Waals surface area (Å²) in [6.07, 6.45) is 2.41. The highest BCUT2D eigenvalue weighted by Gasteiger charge is 2.69. The number of amides is 2. The number of imide groups is 1. The number of H-pyrrole nitrogens is 1. The van der Waals surface area contributed by atoms with Gasteiger partial charge in [0.05, 0.1) is 21.8 Å². The molecule has 2 aliphatic carbocycles. The number of aliphatic carboxylic acids is 1. The van der Waals surface area contributed by atoms with E-state index in [1.54, 1.807) is 23.9 Å². The van der Waals surface area contributed by atoms with Crippen LogP contribution in [0.1, 0.15) is 59.6 Å². The number of fused-ring (bicyclic) bond motifs is 9. The number of carbonyl (C=O) groups excluding carboxylic acids is 2. The molecule has 240 valence electrons. The number of carbonyl (C=O) groups is 3. The molecule has 11 nitrogen and oxygen atoms in total. The number of non-ortho nitro benzene ring substituents is 1. The first-order chi connectivity index (χ1) is 22.1. The maximum Gasteiger partial charge on any atom is 0.305 e. The van der Waals surface area contributed by atoms with Crippen molar-refractivity contribution in [2.75, 3.05) is 6.54 Å². The normalized spacial score (nSPS) is 27.4. The first kappa shape index (κ1) is 30.7. The molecule has 2 bridgehead atoms. The highest BCUT2D eigenvalue weighted by atomic mass is 32.2. The summed E-state index contributed by atoms with van der Waals surface area (Å²) in [4.78, 5) is 67.6. The van der Waals surface area contributed by atoms with Crippen LogP contribution in [0.15, 0.2) is 52.3 Å². The molecule has 2 aliphatic heterocycles. The Bertz CT molecular complexity index is 1790. The summed E-state index contributed by atoms with van der Waals surface area (Å²) in [7, 11) is 0. The predicted octanol–water partition coefficient (Wildman–Crippen LogP) is 5.35. The van der Waals surface area contributed by atoms with Crippen LogP contribution in [-0.2, 0) is 21.0 Å². The number of likely N-dealkylation sites (tertiary alicyclic amines) is 1. The number of nitrogens with zero attached hydrogens (tertiary/aromatic N) is 2. The van der Waals surface area contributed by atoms with E-state index in [2.05, 4.69) is 4.98 Å². The number of hydrogen-bond donors (Lipinski definition) is 2. The second-order valence-corrected chi connectivity index (χ2v) is 14.9. The Hall–Kier alpha value is -3.97. The Kier molecular flexibility index (Phi) is 8.00. The summed E-state index contributed by atoms with van der Waals surface area (Å²) < 4.78 is 6.34. The Morgan fingerprint density at radius 2 is 1.80 bits per heavy atom. The number of aromatic amines is 1. The molecule has 3 fully saturated rings. The van der Waals surface area contributed by atoms with Gasteiger partial charge < -0.3 is 14.8 Å². The minimum Gasteiger partial charge on any atom is -0.489 e. The summed E-state index contributed by atoms with van der Waals surface area (Å²) in [6.45, 7) is 2.53. The molecule has 2 amide bonds. The lowest BCUT2D eigenvalue weighted by Crippen LogP contribution is -2.42. The van der Waals surface area contributed by atoms with E-state index < -0.39 is 28.6 Å². The average Bonchev–Trinajstić information content (AvgIpc) is 3.76. The van der Waals surface area contributed by atoms with Crippen LogP contribution < -0.4 is 9.61 Å². The number of carboxylic acids is 1. The molecule has 6 unspecified atom stereocenters. The lowest BCUT2D eigenvalue weighted by Gasteiger charge is -2.43. The molecule has 1 aromatic heterocycles. The van der Waals surface area contributed by atoms with Gasteiger partial charge in [0.15, 0.2) is 0 Å². The molecule has 2 saturated carbocycles. The van der Waals surface area contributed by atoms with Gasteiger partial charge in [-0.05, 0) is 55.6 Å². The van der Waals surface area contributed by atoms with Gasteiger partial charge in [-0.3, -0.25) is 34.2 Å². The minimum absolute atomic E-state index is 0.0554. The van der Waals surface area contributed by atoms with Gasteiger partial charge >= 0.3 is 10.8 Å². The molecule has 7 rings (SSSR count). The van der Waals surface area contributed by atoms with Crippen molar-refractivity contribution in [3.8, 4) is 5.75 Å². The van der Waals surface area contributed by atoms with Gasteiger partial charge in [0.1, 0.15) is 12.4 Å². The molecule has 0 spiro atoms. The third kappa shape index (κ3) is 5.23. The fraction of sp³-hybridized carbons (Fsp3) is 0.455. The van der Waals surface area contributed by atoms with Crippen LogP contribution in [0.3, 0.4) is 0 Å². The van der Waals surface area contributed by atoms with Crippen molar-refractivity contribution in [1.82, 2.24) is 9.88 Å². The van der Waals surface area contributed by atoms with Gasteiger partial charge in [-0.1, -0.05) is 47.6 Å². The van der Waals surface area contributed by atoms with E-state index in [4.69, 9.17) is 9.84 Å². The van der Waals surface area contributed by atoms with Crippen LogP contribution in [0.5, 0.6) is 5.75 Å². The predicted molar refractivity (Wildman–Crippen MR) is 170 cm³/mol. The van der Waals surface area contributed by atoms with Crippen LogP contribution in [0.2, 0.25) is 0 Å². The summed E-state index contributed by atoms with van der Waals surface area (Å²) in [6, 6.07) is 12.5. The summed E-state index contributed by atoms with van der Waals surface area (Å²) in [5.41, 5.74) is 2.59. The van der Waals surface area contributed by atoms with E-state index in [9.17, 15) is 29.3 Å². The Morgan fingerprint density at radius 3 is 2.52 bits per heavy atom. The molecule has 2 aromatic carbocycles. The lowest BCUT2D eigenvalue weighted by atomic mass is 9.68. The number of carboxylic acid groups (broad SMARTS) is 1. The van der Waals surface area contributed by atoms with Crippen molar-refractivity contribution in [3.05, 3.63) is 83.8 Å². The number of rotatable bonds is 11. The highest BCUT2D eigenvalue weighted by molar-refractivity contribution is 8.00. The van der Waals surface area contributed by atoms with Gasteiger partial charge in [0.2, 0.25) is 11.8 Å². The third-order valence-electron chi connectivity index (χ3n) is 10.1. The number of hydrogen-bond acceptors (Lipinski definition) is 9. The van der Waals surface area contributed by atoms with Gasteiger partial charge in [0, 0.05) is 46.7 Å². The third-order valence-corrected chi connectivity index (χ3v) is 12.7. The number of aryl methyl sites for hydroxylation is 1. The molecule has 7 atom stereocenters. The van der Waals surface area contributed by atoms with E-state index in [1.165, 1.54) is 11.0 Å². The number of thiazole rings is 1. The zero-order valence-corrected chi connectivity index (χ0v) is 26.7. The molecule has 46 heavy (non-hydrogen) atoms. The Morgan fingerprint density at radius 1 is 1.07 bits per heavy atom. The zero-order chi connectivity index (χ0) is 32.3. The number of unbranched alkanes of at least 4 members (excludes halogenated alkanes) is 2. The highest BCUT2D eigenvalue weighted by Crippen LogP contribution is 2.69. The monoisotopic (exact) mass is 663 g/mol. The van der Waals surface area contributed by atoms with E-state index in [1.807, 2.05) is 31.2 Å². The number of benzene rings is 2. The lowest BCUT2D eigenvalue weighted by molar-refractivity contribution is -0.385. The summed E-state index contributed by atoms with van der Waals surface area (Å²) in [5.74, 6) is -2.39. The van der Waals surface area contributed by atoms with Gasteiger partial charge in [0.25, 0.3) is 5.69 Å². The van der Waals surface area contributed by atoms with E-state index in [-0.39, 0.29) is 65.0 Å². The molecule has 13 heteroatoms. The molecular formula is C33H33N3O8S2. The van der Waals surface area contributed by atoms with Crippen molar-refractivity contribution in [2.24, 2.45) is 29.6 Å². The van der Waals surface area contributed by atoms with E-state index in [0.29, 0.717) is 42.0 Å². The number of aromatic nitrogens is 1. The number of nitrogens with one attached hydrogen (secondary N) is 1. The molecule has 4 aliphatic rings. The van der Waals surface area contributed by atoms with Crippen LogP contribution in [0.25, 0.3) is 0 Å². The van der Waals surface area contributed by atoms with Crippen molar-refractivity contribution >= 4 is 46.6 Å². The van der Waals surface area contributed by atoms with Gasteiger partial charge in [-0.15, -0.1) is 11.8 Å². The van der Waals surface area contributed by atoms with Crippen molar-refractivity contribution in [2.45, 2.75) is 61.8 Å². The van der Waals surface area contributed by atoms with Crippen molar-refractivity contribution in [1.29, 1.82) is 0 Å². The molecule has 3 aromatic rings. The maximum absolute atomic E-state index is 13.9. The van der Waals surface area contributed by atoms with Gasteiger partial charge in [-0.25, -0.2) is 0 Å². The smallest absolute Gasteiger partial charge is 0.305 e. The SMILES string of the molecule is Cc1ccc(COc2ccc([N+](=O)[O-])cc2[C@H]2c3sc(=O)[nH]c3SC3C4CC(C5C(=O)N(CCCCCC(=O)O)C(=O)C45)C32)cc1. The fourth-order valence-corrected chi connectivity index (χ4v) is 11.1. The first-order valence-electron chi connectivity index (χ1n) is 15.6. The van der Waals surface area contributed by atoms with Gasteiger partial charge in [-0.2, -0.15) is 0 Å². The Labute approximate surface area is 272 Å². The second kappa shape index (κ2) is 12.0. The summed E-state index contributed by atoms with van der Waals surface area (Å²) >= 11 is 2.65. The van der Waals surface area contributed by atoms with Crippen LogP contribution in [0, 0.1) is 46.6 Å². The van der Waals surface area contributed by atoms with Crippen LogP contribution in [-0.4, -0.2) is 49.5 Å². The number of thioether (sulfide) groups is 1. The molecular weight excluding hydrogens is 631 g/mol. The maximum atomic E-state index is 13.9. The average molecular weight is 664 g/mol. The quantitative estimate of drug-likeness (QED) is 0.119. The second-order valence-electron chi connectivity index (χ2n) is 12.7. The number of nitro groups is 1. The van der Waals surface area contributed by atoms with Crippen LogP contribution >= 0.6 is 23.1 Å². The fourth-order valence-electron chi connectivity index (χ4n) is 8.24. The molecule has 1 saturated heterocycles. The number of ether oxygens (including phenoxy) is 1. The molecule has 3 heterocycles. The standard InChI is InChI=1S/C33H33N3O8S2/c1-16-6-8-17(9-7-16)15-44-22-11-10-18(36(42)43)13-19(22)24-25-20-14-21(28(25)45-30-29(24)46-33(41)34-30)27-26(20)31(39)35(32(27)40)12-4-2-3-5-23(37)38/h6-11,13,20-21,24-28H,2-5,12,14-15H2,1H3,(H,34,41)(H,37,38)/t20?,21?,24-,25?,26?,27?,28?/m1/s1. The first-order valence-corrected chi connectivity index (χ1v) is 17.3. The molecule has 2 N–H and O–H groups in total. The number of nitro benzene ring substituents is 1. The van der Waals surface area contributed by atoms with Crippen LogP contribution in [0.4, 0.5) is 5.69 Å². The van der Waals surface area contributed by atoms with Crippen molar-refractivity contribution < 1.29 is 29.2 Å². The topological polar surface area (TPSA) is 160 Å². The minimum atomic E-state index is -0.864. The summed E-state index contributed by atoms with van der Waals surface area (Å²) in [5, 5.41) is 21.6. The largest absolute Gasteiger partial charge is 0.489 e. The van der Waals surface area contributed by atoms with E-state index >= 15 is 0 Å². The zero-order valence-electron chi connectivity index (χ0n) is 25.0. The molecule has 0 radical (unpaired) electrons.